The molecule has 0 aliphatic rings. The molecule has 0 aliphatic heterocycles. The van der Waals surface area contributed by atoms with Gasteiger partial charge in [0.2, 0.25) is 0 Å². The summed E-state index contributed by atoms with van der Waals surface area (Å²) in [6.07, 6.45) is 0. The molecule has 0 aromatic heterocycles. The van der Waals surface area contributed by atoms with Crippen LogP contribution in [0.2, 0.25) is 0 Å². The molecule has 3 nitrogen and oxygen atoms in total. The minimum atomic E-state index is -0.0693. The summed E-state index contributed by atoms with van der Waals surface area (Å²) < 4.78 is 11.4. The van der Waals surface area contributed by atoms with Crippen LogP contribution in [-0.2, 0) is 0 Å². The van der Waals surface area contributed by atoms with Crippen LogP contribution >= 0.6 is 15.9 Å². The van der Waals surface area contributed by atoms with E-state index in [1.165, 1.54) is 0 Å². The second-order valence-electron chi connectivity index (χ2n) is 4.37. The van der Waals surface area contributed by atoms with Crippen molar-refractivity contribution in [3.8, 4) is 11.5 Å². The van der Waals surface area contributed by atoms with E-state index in [0.29, 0.717) is 11.3 Å². The first kappa shape index (κ1) is 14.6. The number of aryl methyl sites for hydroxylation is 1. The molecule has 0 bridgehead atoms. The number of carbonyl (C=O) groups excluding carboxylic acids is 1. The third kappa shape index (κ3) is 3.61. The standard InChI is InChI=1S/C16H15BrO3/c1-11-3-8-16(14(17)9-11)20-10-15(18)12-4-6-13(19-2)7-5-12/h3-9H,10H2,1-2H3. The second-order valence-corrected chi connectivity index (χ2v) is 5.23. The fourth-order valence-electron chi connectivity index (χ4n) is 1.73. The van der Waals surface area contributed by atoms with Gasteiger partial charge in [-0.1, -0.05) is 6.07 Å². The Morgan fingerprint density at radius 1 is 1.15 bits per heavy atom. The summed E-state index contributed by atoms with van der Waals surface area (Å²) in [5.74, 6) is 1.32. The van der Waals surface area contributed by atoms with Gasteiger partial charge < -0.3 is 9.47 Å². The summed E-state index contributed by atoms with van der Waals surface area (Å²) in [4.78, 5) is 12.0. The lowest BCUT2D eigenvalue weighted by molar-refractivity contribution is 0.0921. The summed E-state index contributed by atoms with van der Waals surface area (Å²) in [5, 5.41) is 0. The van der Waals surface area contributed by atoms with E-state index < -0.39 is 0 Å². The van der Waals surface area contributed by atoms with E-state index in [0.717, 1.165) is 15.8 Å². The van der Waals surface area contributed by atoms with Gasteiger partial charge in [-0.05, 0) is 64.8 Å². The molecule has 2 aromatic rings. The molecule has 4 heteroatoms. The summed E-state index contributed by atoms with van der Waals surface area (Å²) in [5.41, 5.74) is 1.74. The summed E-state index contributed by atoms with van der Waals surface area (Å²) in [7, 11) is 1.59. The third-order valence-corrected chi connectivity index (χ3v) is 3.48. The second kappa shape index (κ2) is 6.57. The molecule has 0 amide bonds. The molecular formula is C16H15BrO3. The Kier molecular flexibility index (Phi) is 4.79. The number of carbonyl (C=O) groups is 1. The van der Waals surface area contributed by atoms with Crippen LogP contribution in [0.4, 0.5) is 0 Å². The monoisotopic (exact) mass is 334 g/mol. The maximum Gasteiger partial charge on any atom is 0.200 e. The van der Waals surface area contributed by atoms with Crippen LogP contribution < -0.4 is 9.47 Å². The number of hydrogen-bond acceptors (Lipinski definition) is 3. The van der Waals surface area contributed by atoms with Crippen molar-refractivity contribution in [3.63, 3.8) is 0 Å². The molecule has 0 fully saturated rings. The predicted molar refractivity (Wildman–Crippen MR) is 81.7 cm³/mol. The Balaban J connectivity index is 2.00. The summed E-state index contributed by atoms with van der Waals surface area (Å²) >= 11 is 3.42. The highest BCUT2D eigenvalue weighted by atomic mass is 79.9. The van der Waals surface area contributed by atoms with Crippen LogP contribution in [-0.4, -0.2) is 19.5 Å². The number of Topliss-reactive ketones (excluding diaryl/α,β-unsaturated/α-hetero) is 1. The SMILES string of the molecule is COc1ccc(C(=O)COc2ccc(C)cc2Br)cc1. The average molecular weight is 335 g/mol. The van der Waals surface area contributed by atoms with Gasteiger partial charge in [0.1, 0.15) is 11.5 Å². The lowest BCUT2D eigenvalue weighted by Gasteiger charge is -2.08. The van der Waals surface area contributed by atoms with Gasteiger partial charge in [0.05, 0.1) is 11.6 Å². The van der Waals surface area contributed by atoms with Crippen molar-refractivity contribution >= 4 is 21.7 Å². The van der Waals surface area contributed by atoms with Crippen LogP contribution in [0.1, 0.15) is 15.9 Å². The normalized spacial score (nSPS) is 10.2. The Morgan fingerprint density at radius 3 is 2.45 bits per heavy atom. The van der Waals surface area contributed by atoms with E-state index in [1.807, 2.05) is 25.1 Å². The number of benzene rings is 2. The van der Waals surface area contributed by atoms with Crippen molar-refractivity contribution in [3.05, 3.63) is 58.1 Å². The molecule has 104 valence electrons. The first-order chi connectivity index (χ1) is 9.60. The number of rotatable bonds is 5. The van der Waals surface area contributed by atoms with Gasteiger partial charge >= 0.3 is 0 Å². The van der Waals surface area contributed by atoms with E-state index >= 15 is 0 Å². The largest absolute Gasteiger partial charge is 0.497 e. The van der Waals surface area contributed by atoms with Gasteiger partial charge in [-0.2, -0.15) is 0 Å². The van der Waals surface area contributed by atoms with Gasteiger partial charge in [0.15, 0.2) is 12.4 Å². The zero-order chi connectivity index (χ0) is 14.5. The zero-order valence-corrected chi connectivity index (χ0v) is 12.9. The molecule has 2 aromatic carbocycles. The Hall–Kier alpha value is -1.81. The van der Waals surface area contributed by atoms with Crippen molar-refractivity contribution in [1.82, 2.24) is 0 Å². The molecule has 0 atom stereocenters. The highest BCUT2D eigenvalue weighted by Gasteiger charge is 2.08. The lowest BCUT2D eigenvalue weighted by atomic mass is 10.1. The summed E-state index contributed by atoms with van der Waals surface area (Å²) in [6.45, 7) is 2.00. The van der Waals surface area contributed by atoms with Gasteiger partial charge in [0, 0.05) is 5.56 Å². The van der Waals surface area contributed by atoms with Crippen LogP contribution in [0.3, 0.4) is 0 Å². The van der Waals surface area contributed by atoms with E-state index in [9.17, 15) is 4.79 Å². The molecule has 0 spiro atoms. The molecule has 0 saturated heterocycles. The minimum absolute atomic E-state index is 0.00793. The maximum atomic E-state index is 12.0. The van der Waals surface area contributed by atoms with Gasteiger partial charge in [-0.15, -0.1) is 0 Å². The highest BCUT2D eigenvalue weighted by molar-refractivity contribution is 9.10. The topological polar surface area (TPSA) is 35.5 Å². The molecule has 0 unspecified atom stereocenters. The van der Waals surface area contributed by atoms with Gasteiger partial charge in [-0.25, -0.2) is 0 Å². The number of hydrogen-bond donors (Lipinski definition) is 0. The highest BCUT2D eigenvalue weighted by Crippen LogP contribution is 2.25. The van der Waals surface area contributed by atoms with Crippen molar-refractivity contribution in [2.75, 3.05) is 13.7 Å². The molecule has 0 N–H and O–H groups in total. The van der Waals surface area contributed by atoms with Crippen molar-refractivity contribution in [1.29, 1.82) is 0 Å². The van der Waals surface area contributed by atoms with E-state index in [1.54, 1.807) is 31.4 Å². The fraction of sp³-hybridized carbons (Fsp3) is 0.188. The Morgan fingerprint density at radius 2 is 1.85 bits per heavy atom. The zero-order valence-electron chi connectivity index (χ0n) is 11.4. The molecule has 0 heterocycles. The van der Waals surface area contributed by atoms with Crippen molar-refractivity contribution in [2.45, 2.75) is 6.92 Å². The summed E-state index contributed by atoms with van der Waals surface area (Å²) in [6, 6.07) is 12.7. The molecule has 20 heavy (non-hydrogen) atoms. The van der Waals surface area contributed by atoms with Crippen LogP contribution in [0.5, 0.6) is 11.5 Å². The Labute approximate surface area is 126 Å². The van der Waals surface area contributed by atoms with Crippen LogP contribution in [0, 0.1) is 6.92 Å². The van der Waals surface area contributed by atoms with Crippen LogP contribution in [0.25, 0.3) is 0 Å². The fourth-order valence-corrected chi connectivity index (χ4v) is 2.33. The Bertz CT molecular complexity index is 606. The quantitative estimate of drug-likeness (QED) is 0.774. The smallest absolute Gasteiger partial charge is 0.200 e. The van der Waals surface area contributed by atoms with Crippen molar-refractivity contribution < 1.29 is 14.3 Å². The average Bonchev–Trinajstić information content (AvgIpc) is 2.46. The molecule has 2 rings (SSSR count). The molecule has 0 aliphatic carbocycles. The lowest BCUT2D eigenvalue weighted by Crippen LogP contribution is -2.11. The number of halogens is 1. The first-order valence-corrected chi connectivity index (χ1v) is 6.95. The third-order valence-electron chi connectivity index (χ3n) is 2.86. The predicted octanol–water partition coefficient (Wildman–Crippen LogP) is 4.03. The number of ether oxygens (including phenoxy) is 2. The maximum absolute atomic E-state index is 12.0. The van der Waals surface area contributed by atoms with E-state index in [-0.39, 0.29) is 12.4 Å². The number of methoxy groups -OCH3 is 1. The number of ketones is 1. The first-order valence-electron chi connectivity index (χ1n) is 6.16. The van der Waals surface area contributed by atoms with Crippen LogP contribution in [0.15, 0.2) is 46.9 Å². The van der Waals surface area contributed by atoms with Gasteiger partial charge in [-0.3, -0.25) is 4.79 Å². The molecule has 0 radical (unpaired) electrons. The van der Waals surface area contributed by atoms with E-state index in [2.05, 4.69) is 15.9 Å². The van der Waals surface area contributed by atoms with Gasteiger partial charge in [0.25, 0.3) is 0 Å². The molecule has 0 saturated carbocycles. The van der Waals surface area contributed by atoms with Crippen molar-refractivity contribution in [2.24, 2.45) is 0 Å². The minimum Gasteiger partial charge on any atom is -0.497 e. The molecular weight excluding hydrogens is 320 g/mol. The van der Waals surface area contributed by atoms with E-state index in [4.69, 9.17) is 9.47 Å².